The molecule has 2 atom stereocenters. The molecular weight excluding hydrogens is 280 g/mol. The Morgan fingerprint density at radius 1 is 1.41 bits per heavy atom. The number of carbonyl (C=O) groups excluding carboxylic acids is 2. The number of benzene rings is 1. The summed E-state index contributed by atoms with van der Waals surface area (Å²) in [5, 5.41) is 0. The zero-order valence-corrected chi connectivity index (χ0v) is 13.2. The number of hydrogen-bond donors (Lipinski definition) is 1. The fourth-order valence-corrected chi connectivity index (χ4v) is 3.14. The maximum atomic E-state index is 12.4. The standard InChI is InChI=1S/C17H24N2O3/c1-3-4-11-19-15(20)10-9-13(17(18)21)16(19)12-7-5-6-8-14(12)22-2/h5-8,13,16H,3-4,9-11H2,1-2H3,(H2,18,21)/t13-,16-/m0/s1. The molecule has 0 saturated carbocycles. The normalized spacial score (nSPS) is 21.7. The Morgan fingerprint density at radius 2 is 2.14 bits per heavy atom. The van der Waals surface area contributed by atoms with Gasteiger partial charge in [-0.05, 0) is 18.9 Å². The highest BCUT2D eigenvalue weighted by Crippen LogP contribution is 2.40. The van der Waals surface area contributed by atoms with Crippen LogP contribution in [0.4, 0.5) is 0 Å². The van der Waals surface area contributed by atoms with Crippen LogP contribution in [0, 0.1) is 5.92 Å². The molecule has 2 rings (SSSR count). The van der Waals surface area contributed by atoms with Crippen molar-refractivity contribution in [3.63, 3.8) is 0 Å². The first-order chi connectivity index (χ1) is 10.6. The molecule has 1 aromatic carbocycles. The van der Waals surface area contributed by atoms with E-state index in [1.165, 1.54) is 0 Å². The van der Waals surface area contributed by atoms with E-state index in [4.69, 9.17) is 10.5 Å². The average Bonchev–Trinajstić information content (AvgIpc) is 2.53. The lowest BCUT2D eigenvalue weighted by molar-refractivity contribution is -0.142. The maximum Gasteiger partial charge on any atom is 0.223 e. The first-order valence-electron chi connectivity index (χ1n) is 7.81. The highest BCUT2D eigenvalue weighted by Gasteiger charge is 2.40. The third-order valence-corrected chi connectivity index (χ3v) is 4.28. The molecule has 5 nitrogen and oxygen atoms in total. The molecule has 1 aliphatic heterocycles. The summed E-state index contributed by atoms with van der Waals surface area (Å²) in [6.07, 6.45) is 2.77. The van der Waals surface area contributed by atoms with Crippen LogP contribution in [0.2, 0.25) is 0 Å². The fraction of sp³-hybridized carbons (Fsp3) is 0.529. The smallest absolute Gasteiger partial charge is 0.223 e. The summed E-state index contributed by atoms with van der Waals surface area (Å²) < 4.78 is 5.42. The number of methoxy groups -OCH3 is 1. The van der Waals surface area contributed by atoms with E-state index in [-0.39, 0.29) is 23.8 Å². The Kier molecular flexibility index (Phi) is 5.41. The predicted octanol–water partition coefficient (Wildman–Crippen LogP) is 2.26. The molecule has 1 aromatic rings. The zero-order valence-electron chi connectivity index (χ0n) is 13.2. The summed E-state index contributed by atoms with van der Waals surface area (Å²) in [6.45, 7) is 2.72. The van der Waals surface area contributed by atoms with Crippen molar-refractivity contribution in [3.8, 4) is 5.75 Å². The monoisotopic (exact) mass is 304 g/mol. The number of rotatable bonds is 6. The van der Waals surface area contributed by atoms with Gasteiger partial charge in [-0.1, -0.05) is 31.5 Å². The van der Waals surface area contributed by atoms with Gasteiger partial charge in [0.05, 0.1) is 19.1 Å². The van der Waals surface area contributed by atoms with Crippen molar-refractivity contribution < 1.29 is 14.3 Å². The van der Waals surface area contributed by atoms with Crippen LogP contribution in [0.1, 0.15) is 44.2 Å². The van der Waals surface area contributed by atoms with E-state index in [0.29, 0.717) is 25.1 Å². The fourth-order valence-electron chi connectivity index (χ4n) is 3.14. The van der Waals surface area contributed by atoms with Crippen molar-refractivity contribution in [1.29, 1.82) is 0 Å². The van der Waals surface area contributed by atoms with Gasteiger partial charge < -0.3 is 15.4 Å². The molecule has 120 valence electrons. The van der Waals surface area contributed by atoms with Gasteiger partial charge in [0.15, 0.2) is 0 Å². The van der Waals surface area contributed by atoms with Crippen LogP contribution >= 0.6 is 0 Å². The second-order valence-electron chi connectivity index (χ2n) is 5.68. The van der Waals surface area contributed by atoms with Crippen LogP contribution in [0.25, 0.3) is 0 Å². The Morgan fingerprint density at radius 3 is 2.77 bits per heavy atom. The van der Waals surface area contributed by atoms with Crippen molar-refractivity contribution >= 4 is 11.8 Å². The first-order valence-corrected chi connectivity index (χ1v) is 7.81. The number of hydrogen-bond acceptors (Lipinski definition) is 3. The predicted molar refractivity (Wildman–Crippen MR) is 84.3 cm³/mol. The minimum absolute atomic E-state index is 0.0851. The molecule has 0 spiro atoms. The summed E-state index contributed by atoms with van der Waals surface area (Å²) in [5.74, 6) is 0.0487. The van der Waals surface area contributed by atoms with Crippen LogP contribution in [-0.4, -0.2) is 30.4 Å². The van der Waals surface area contributed by atoms with E-state index in [1.807, 2.05) is 24.3 Å². The summed E-state index contributed by atoms with van der Waals surface area (Å²) in [7, 11) is 1.60. The average molecular weight is 304 g/mol. The molecule has 5 heteroatoms. The molecule has 0 aliphatic carbocycles. The summed E-state index contributed by atoms with van der Waals surface area (Å²) in [5.41, 5.74) is 6.46. The number of carbonyl (C=O) groups is 2. The largest absolute Gasteiger partial charge is 0.496 e. The zero-order chi connectivity index (χ0) is 16.1. The Balaban J connectivity index is 2.44. The SMILES string of the molecule is CCCCN1C(=O)CC[C@H](C(N)=O)[C@@H]1c1ccccc1OC. The van der Waals surface area contributed by atoms with Gasteiger partial charge in [0, 0.05) is 18.5 Å². The van der Waals surface area contributed by atoms with Gasteiger partial charge in [0.1, 0.15) is 5.75 Å². The molecule has 0 bridgehead atoms. The number of primary amides is 1. The van der Waals surface area contributed by atoms with Crippen LogP contribution in [0.5, 0.6) is 5.75 Å². The number of piperidine rings is 1. The van der Waals surface area contributed by atoms with E-state index in [1.54, 1.807) is 12.0 Å². The Hall–Kier alpha value is -2.04. The summed E-state index contributed by atoms with van der Waals surface area (Å²) in [6, 6.07) is 7.21. The molecule has 1 saturated heterocycles. The number of para-hydroxylation sites is 1. The number of unbranched alkanes of at least 4 members (excludes halogenated alkanes) is 1. The molecule has 2 N–H and O–H groups in total. The van der Waals surface area contributed by atoms with Crippen molar-refractivity contribution in [3.05, 3.63) is 29.8 Å². The van der Waals surface area contributed by atoms with Gasteiger partial charge in [0.25, 0.3) is 0 Å². The molecule has 1 aliphatic rings. The van der Waals surface area contributed by atoms with Gasteiger partial charge in [-0.2, -0.15) is 0 Å². The van der Waals surface area contributed by atoms with E-state index < -0.39 is 0 Å². The number of amides is 2. The topological polar surface area (TPSA) is 72.6 Å². The summed E-state index contributed by atoms with van der Waals surface area (Å²) in [4.78, 5) is 26.1. The minimum atomic E-state index is -0.370. The second-order valence-corrected chi connectivity index (χ2v) is 5.68. The minimum Gasteiger partial charge on any atom is -0.496 e. The molecule has 0 radical (unpaired) electrons. The lowest BCUT2D eigenvalue weighted by atomic mass is 9.83. The number of nitrogens with two attached hydrogens (primary N) is 1. The highest BCUT2D eigenvalue weighted by molar-refractivity contribution is 5.84. The second kappa shape index (κ2) is 7.29. The number of nitrogens with zero attached hydrogens (tertiary/aromatic N) is 1. The van der Waals surface area contributed by atoms with Gasteiger partial charge in [-0.15, -0.1) is 0 Å². The molecule has 1 fully saturated rings. The molecule has 2 amide bonds. The lowest BCUT2D eigenvalue weighted by Crippen LogP contribution is -2.47. The Labute approximate surface area is 131 Å². The van der Waals surface area contributed by atoms with Crippen LogP contribution in [0.15, 0.2) is 24.3 Å². The molecule has 22 heavy (non-hydrogen) atoms. The molecule has 0 unspecified atom stereocenters. The Bertz CT molecular complexity index is 544. The van der Waals surface area contributed by atoms with Crippen LogP contribution < -0.4 is 10.5 Å². The molecule has 0 aromatic heterocycles. The molecular formula is C17H24N2O3. The quantitative estimate of drug-likeness (QED) is 0.876. The van der Waals surface area contributed by atoms with E-state index >= 15 is 0 Å². The van der Waals surface area contributed by atoms with E-state index in [0.717, 1.165) is 18.4 Å². The number of ether oxygens (including phenoxy) is 1. The van der Waals surface area contributed by atoms with Crippen molar-refractivity contribution in [2.75, 3.05) is 13.7 Å². The third kappa shape index (κ3) is 3.24. The van der Waals surface area contributed by atoms with Crippen molar-refractivity contribution in [2.45, 2.75) is 38.6 Å². The van der Waals surface area contributed by atoms with Gasteiger partial charge in [-0.3, -0.25) is 9.59 Å². The molecule has 1 heterocycles. The van der Waals surface area contributed by atoms with E-state index in [9.17, 15) is 9.59 Å². The third-order valence-electron chi connectivity index (χ3n) is 4.28. The van der Waals surface area contributed by atoms with E-state index in [2.05, 4.69) is 6.92 Å². The van der Waals surface area contributed by atoms with Crippen LogP contribution in [0.3, 0.4) is 0 Å². The van der Waals surface area contributed by atoms with Crippen molar-refractivity contribution in [2.24, 2.45) is 11.7 Å². The van der Waals surface area contributed by atoms with Gasteiger partial charge >= 0.3 is 0 Å². The number of likely N-dealkylation sites (tertiary alicyclic amines) is 1. The lowest BCUT2D eigenvalue weighted by Gasteiger charge is -2.40. The van der Waals surface area contributed by atoms with Gasteiger partial charge in [-0.25, -0.2) is 0 Å². The van der Waals surface area contributed by atoms with Gasteiger partial charge in [0.2, 0.25) is 11.8 Å². The first kappa shape index (κ1) is 16.3. The van der Waals surface area contributed by atoms with Crippen LogP contribution in [-0.2, 0) is 9.59 Å². The van der Waals surface area contributed by atoms with Crippen molar-refractivity contribution in [1.82, 2.24) is 4.90 Å². The maximum absolute atomic E-state index is 12.4. The highest BCUT2D eigenvalue weighted by atomic mass is 16.5. The summed E-state index contributed by atoms with van der Waals surface area (Å²) >= 11 is 0.